The molecule has 0 aromatic carbocycles. The van der Waals surface area contributed by atoms with Gasteiger partial charge < -0.3 is 15.5 Å². The van der Waals surface area contributed by atoms with Crippen LogP contribution in [0.25, 0.3) is 0 Å². The van der Waals surface area contributed by atoms with E-state index in [4.69, 9.17) is 5.84 Å². The molecule has 0 radical (unpaired) electrons. The Kier molecular flexibility index (Phi) is 4.67. The van der Waals surface area contributed by atoms with Crippen molar-refractivity contribution in [3.63, 3.8) is 0 Å². The van der Waals surface area contributed by atoms with Gasteiger partial charge in [-0.3, -0.25) is 4.79 Å². The zero-order chi connectivity index (χ0) is 13.0. The molecule has 0 aromatic heterocycles. The first kappa shape index (κ1) is 13.4. The van der Waals surface area contributed by atoms with E-state index >= 15 is 0 Å². The first-order valence-corrected chi connectivity index (χ1v) is 7.09. The van der Waals surface area contributed by atoms with Crippen molar-refractivity contribution in [2.45, 2.75) is 43.0 Å². The van der Waals surface area contributed by atoms with Crippen molar-refractivity contribution in [3.8, 4) is 0 Å². The summed E-state index contributed by atoms with van der Waals surface area (Å²) in [6.07, 6.45) is 3.07. The zero-order valence-corrected chi connectivity index (χ0v) is 10.8. The van der Waals surface area contributed by atoms with Gasteiger partial charge in [0.05, 0.1) is 12.1 Å². The van der Waals surface area contributed by atoms with E-state index < -0.39 is 0 Å². The summed E-state index contributed by atoms with van der Waals surface area (Å²) in [5.74, 6) is 5.48. The van der Waals surface area contributed by atoms with Gasteiger partial charge >= 0.3 is 12.0 Å². The fourth-order valence-corrected chi connectivity index (χ4v) is 3.92. The molecule has 7 nitrogen and oxygen atoms in total. The fraction of sp³-hybridized carbons (Fsp3) is 0.800. The van der Waals surface area contributed by atoms with Crippen LogP contribution in [0.5, 0.6) is 0 Å². The van der Waals surface area contributed by atoms with Gasteiger partial charge in [0.2, 0.25) is 0 Å². The first-order chi connectivity index (χ1) is 8.70. The molecule has 8 heteroatoms. The Morgan fingerprint density at radius 1 is 1.50 bits per heavy atom. The molecule has 5 N–H and O–H groups in total. The van der Waals surface area contributed by atoms with E-state index in [2.05, 4.69) is 15.5 Å². The van der Waals surface area contributed by atoms with Crippen molar-refractivity contribution in [1.82, 2.24) is 16.2 Å². The quantitative estimate of drug-likeness (QED) is 0.228. The first-order valence-electron chi connectivity index (χ1n) is 6.04. The average Bonchev–Trinajstić information content (AvgIpc) is 2.85. The lowest BCUT2D eigenvalue weighted by Crippen LogP contribution is -2.36. The molecule has 0 saturated carbocycles. The molecule has 0 aromatic rings. The SMILES string of the molecule is NNOC(=O)CCCC[C@@H]1SC[C@@H]2NC(=O)N[C@@H]21. The number of nitrogens with one attached hydrogen (secondary N) is 3. The molecule has 2 rings (SSSR count). The number of fused-ring (bicyclic) bond motifs is 1. The molecule has 2 fully saturated rings. The molecule has 2 amide bonds. The van der Waals surface area contributed by atoms with Crippen LogP contribution in [-0.2, 0) is 9.63 Å². The van der Waals surface area contributed by atoms with Gasteiger partial charge in [-0.2, -0.15) is 11.8 Å². The summed E-state index contributed by atoms with van der Waals surface area (Å²) < 4.78 is 0. The number of nitrogens with two attached hydrogens (primary N) is 1. The van der Waals surface area contributed by atoms with Gasteiger partial charge in [0.25, 0.3) is 0 Å². The highest BCUT2D eigenvalue weighted by atomic mass is 32.2. The lowest BCUT2D eigenvalue weighted by Gasteiger charge is -2.16. The average molecular weight is 274 g/mol. The summed E-state index contributed by atoms with van der Waals surface area (Å²) in [4.78, 5) is 26.6. The van der Waals surface area contributed by atoms with Crippen molar-refractivity contribution < 1.29 is 14.4 Å². The molecule has 0 spiro atoms. The number of unbranched alkanes of at least 4 members (excludes halogenated alkanes) is 1. The normalized spacial score (nSPS) is 29.6. The van der Waals surface area contributed by atoms with E-state index in [1.807, 2.05) is 17.4 Å². The number of urea groups is 1. The number of carbonyl (C=O) groups is 2. The van der Waals surface area contributed by atoms with Crippen molar-refractivity contribution in [2.24, 2.45) is 5.84 Å². The third-order valence-electron chi connectivity index (χ3n) is 3.23. The maximum Gasteiger partial charge on any atom is 0.326 e. The summed E-state index contributed by atoms with van der Waals surface area (Å²) >= 11 is 1.88. The van der Waals surface area contributed by atoms with Crippen LogP contribution in [-0.4, -0.2) is 35.1 Å². The minimum absolute atomic E-state index is 0.0621. The Bertz CT molecular complexity index is 328. The van der Waals surface area contributed by atoms with Gasteiger partial charge in [-0.1, -0.05) is 12.0 Å². The Hall–Kier alpha value is -0.990. The highest BCUT2D eigenvalue weighted by Crippen LogP contribution is 2.33. The van der Waals surface area contributed by atoms with Gasteiger partial charge in [0.15, 0.2) is 0 Å². The van der Waals surface area contributed by atoms with Crippen molar-refractivity contribution >= 4 is 23.8 Å². The predicted molar refractivity (Wildman–Crippen MR) is 67.4 cm³/mol. The smallest absolute Gasteiger partial charge is 0.326 e. The standard InChI is InChI=1S/C10H18N4O3S/c11-14-17-8(15)4-2-1-3-7-9-6(5-18-7)12-10(16)13-9/h6-7,9,14H,1-5,11H2,(H2,12,13,16)/t6-,7-,9-/m0/s1. The summed E-state index contributed by atoms with van der Waals surface area (Å²) in [6, 6.07) is 0.437. The van der Waals surface area contributed by atoms with Gasteiger partial charge in [-0.25, -0.2) is 10.6 Å². The predicted octanol–water partition coefficient (Wildman–Crippen LogP) is -0.366. The van der Waals surface area contributed by atoms with E-state index in [0.717, 1.165) is 25.0 Å². The van der Waals surface area contributed by atoms with Crippen molar-refractivity contribution in [1.29, 1.82) is 0 Å². The highest BCUT2D eigenvalue weighted by molar-refractivity contribution is 8.00. The third-order valence-corrected chi connectivity index (χ3v) is 4.74. The van der Waals surface area contributed by atoms with E-state index in [1.165, 1.54) is 0 Å². The number of rotatable bonds is 6. The van der Waals surface area contributed by atoms with Gasteiger partial charge in [-0.15, -0.1) is 0 Å². The van der Waals surface area contributed by atoms with Crippen LogP contribution >= 0.6 is 11.8 Å². The molecule has 0 unspecified atom stereocenters. The van der Waals surface area contributed by atoms with Crippen LogP contribution in [0.4, 0.5) is 4.79 Å². The molecule has 2 saturated heterocycles. The molecule has 0 aliphatic carbocycles. The fourth-order valence-electron chi connectivity index (χ4n) is 2.37. The molecule has 2 heterocycles. The monoisotopic (exact) mass is 274 g/mol. The second-order valence-electron chi connectivity index (χ2n) is 4.46. The summed E-state index contributed by atoms with van der Waals surface area (Å²) in [5.41, 5.74) is 1.88. The second kappa shape index (κ2) is 6.26. The highest BCUT2D eigenvalue weighted by Gasteiger charge is 2.42. The van der Waals surface area contributed by atoms with Crippen molar-refractivity contribution in [3.05, 3.63) is 0 Å². The topological polar surface area (TPSA) is 105 Å². The molecular weight excluding hydrogens is 256 g/mol. The molecular formula is C10H18N4O3S. The molecule has 18 heavy (non-hydrogen) atoms. The van der Waals surface area contributed by atoms with E-state index in [1.54, 1.807) is 0 Å². The number of carbonyl (C=O) groups excluding carboxylic acids is 2. The van der Waals surface area contributed by atoms with Crippen LogP contribution in [0, 0.1) is 0 Å². The lowest BCUT2D eigenvalue weighted by molar-refractivity contribution is -0.151. The van der Waals surface area contributed by atoms with E-state index in [9.17, 15) is 9.59 Å². The van der Waals surface area contributed by atoms with Crippen molar-refractivity contribution in [2.75, 3.05) is 5.75 Å². The molecule has 0 bridgehead atoms. The maximum absolute atomic E-state index is 11.2. The van der Waals surface area contributed by atoms with Crippen LogP contribution in [0.15, 0.2) is 0 Å². The van der Waals surface area contributed by atoms with Crippen LogP contribution in [0.1, 0.15) is 25.7 Å². The minimum Gasteiger partial charge on any atom is -0.356 e. The Morgan fingerprint density at radius 3 is 3.11 bits per heavy atom. The zero-order valence-electron chi connectivity index (χ0n) is 9.98. The second-order valence-corrected chi connectivity index (χ2v) is 5.73. The number of hydrogen-bond acceptors (Lipinski definition) is 6. The Balaban J connectivity index is 1.62. The Labute approximate surface area is 109 Å². The summed E-state index contributed by atoms with van der Waals surface area (Å²) in [5, 5.41) is 6.29. The van der Waals surface area contributed by atoms with Gasteiger partial charge in [0, 0.05) is 17.4 Å². The largest absolute Gasteiger partial charge is 0.356 e. The van der Waals surface area contributed by atoms with E-state index in [-0.39, 0.29) is 24.1 Å². The molecule has 2 aliphatic heterocycles. The number of thioether (sulfide) groups is 1. The van der Waals surface area contributed by atoms with Gasteiger partial charge in [0.1, 0.15) is 0 Å². The lowest BCUT2D eigenvalue weighted by atomic mass is 10.0. The summed E-state index contributed by atoms with van der Waals surface area (Å²) in [6.45, 7) is 0. The number of hydrazine groups is 1. The maximum atomic E-state index is 11.2. The molecule has 2 aliphatic rings. The number of hydrogen-bond donors (Lipinski definition) is 4. The van der Waals surface area contributed by atoms with Crippen LogP contribution in [0.3, 0.4) is 0 Å². The van der Waals surface area contributed by atoms with Crippen LogP contribution < -0.4 is 22.1 Å². The minimum atomic E-state index is -0.342. The molecule has 3 atom stereocenters. The third kappa shape index (κ3) is 3.27. The van der Waals surface area contributed by atoms with Crippen LogP contribution in [0.2, 0.25) is 0 Å². The Morgan fingerprint density at radius 2 is 2.33 bits per heavy atom. The number of amides is 2. The van der Waals surface area contributed by atoms with E-state index in [0.29, 0.717) is 11.7 Å². The summed E-state index contributed by atoms with van der Waals surface area (Å²) in [7, 11) is 0. The van der Waals surface area contributed by atoms with Gasteiger partial charge in [-0.05, 0) is 12.8 Å². The molecule has 102 valence electrons.